The second kappa shape index (κ2) is 6.72. The maximum atomic E-state index is 8.34. The maximum Gasteiger partial charge on any atom is 0.119 e. The van der Waals surface area contributed by atoms with Crippen molar-refractivity contribution < 1.29 is 9.47 Å². The number of hydrogen-bond acceptors (Lipinski definition) is 3. The highest BCUT2D eigenvalue weighted by molar-refractivity contribution is 5.31. The fourth-order valence-electron chi connectivity index (χ4n) is 1.07. The van der Waals surface area contributed by atoms with E-state index in [9.17, 15) is 0 Å². The highest BCUT2D eigenvalue weighted by Crippen LogP contribution is 2.17. The Balaban J connectivity index is 2.39. The SMILES string of the molecule is CCCOc1ccc(OCCC#N)cc1. The van der Waals surface area contributed by atoms with Gasteiger partial charge in [-0.05, 0) is 30.7 Å². The summed E-state index contributed by atoms with van der Waals surface area (Å²) in [4.78, 5) is 0. The Labute approximate surface area is 90.2 Å². The molecule has 0 saturated carbocycles. The van der Waals surface area contributed by atoms with Crippen LogP contribution < -0.4 is 9.47 Å². The van der Waals surface area contributed by atoms with E-state index in [1.54, 1.807) is 0 Å². The van der Waals surface area contributed by atoms with Crippen LogP contribution in [0.2, 0.25) is 0 Å². The zero-order chi connectivity index (χ0) is 10.9. The molecule has 1 rings (SSSR count). The van der Waals surface area contributed by atoms with Crippen molar-refractivity contribution in [2.45, 2.75) is 19.8 Å². The van der Waals surface area contributed by atoms with Crippen LogP contribution in [0.3, 0.4) is 0 Å². The second-order valence-corrected chi connectivity index (χ2v) is 3.08. The van der Waals surface area contributed by atoms with Crippen LogP contribution in [0.5, 0.6) is 11.5 Å². The lowest BCUT2D eigenvalue weighted by atomic mass is 10.3. The van der Waals surface area contributed by atoms with Crippen LogP contribution in [-0.2, 0) is 0 Å². The average molecular weight is 205 g/mol. The molecule has 1 aromatic carbocycles. The molecule has 0 amide bonds. The number of hydrogen-bond donors (Lipinski definition) is 0. The van der Waals surface area contributed by atoms with Gasteiger partial charge in [0, 0.05) is 0 Å². The molecule has 0 aliphatic rings. The summed E-state index contributed by atoms with van der Waals surface area (Å²) in [5.74, 6) is 1.62. The molecule has 3 heteroatoms. The summed E-state index contributed by atoms with van der Waals surface area (Å²) in [6.07, 6.45) is 1.41. The molecule has 0 bridgehead atoms. The molecule has 0 aliphatic carbocycles. The molecule has 80 valence electrons. The van der Waals surface area contributed by atoms with Crippen LogP contribution in [0.25, 0.3) is 0 Å². The highest BCUT2D eigenvalue weighted by Gasteiger charge is 1.95. The van der Waals surface area contributed by atoms with Crippen LogP contribution in [0.15, 0.2) is 24.3 Å². The van der Waals surface area contributed by atoms with Gasteiger partial charge in [0.15, 0.2) is 0 Å². The third-order valence-corrected chi connectivity index (χ3v) is 1.78. The van der Waals surface area contributed by atoms with Crippen molar-refractivity contribution in [3.05, 3.63) is 24.3 Å². The maximum absolute atomic E-state index is 8.34. The lowest BCUT2D eigenvalue weighted by Crippen LogP contribution is -1.97. The van der Waals surface area contributed by atoms with Gasteiger partial charge in [-0.15, -0.1) is 0 Å². The van der Waals surface area contributed by atoms with E-state index in [0.29, 0.717) is 13.0 Å². The van der Waals surface area contributed by atoms with E-state index in [2.05, 4.69) is 6.92 Å². The van der Waals surface area contributed by atoms with Crippen LogP contribution >= 0.6 is 0 Å². The smallest absolute Gasteiger partial charge is 0.119 e. The molecule has 0 fully saturated rings. The van der Waals surface area contributed by atoms with Gasteiger partial charge in [0.05, 0.1) is 19.1 Å². The molecule has 0 aromatic heterocycles. The van der Waals surface area contributed by atoms with Crippen LogP contribution in [-0.4, -0.2) is 13.2 Å². The quantitative estimate of drug-likeness (QED) is 0.670. The summed E-state index contributed by atoms with van der Waals surface area (Å²) in [7, 11) is 0. The summed E-state index contributed by atoms with van der Waals surface area (Å²) in [6, 6.07) is 9.47. The Kier molecular flexibility index (Phi) is 5.10. The van der Waals surface area contributed by atoms with Gasteiger partial charge >= 0.3 is 0 Å². The van der Waals surface area contributed by atoms with E-state index in [0.717, 1.165) is 24.5 Å². The van der Waals surface area contributed by atoms with Gasteiger partial charge in [-0.25, -0.2) is 0 Å². The van der Waals surface area contributed by atoms with E-state index in [1.807, 2.05) is 30.3 Å². The summed E-state index contributed by atoms with van der Waals surface area (Å²) >= 11 is 0. The standard InChI is InChI=1S/C12H15NO2/c1-2-9-14-11-4-6-12(7-5-11)15-10-3-8-13/h4-7H,2-3,9-10H2,1H3. The molecular formula is C12H15NO2. The third-order valence-electron chi connectivity index (χ3n) is 1.78. The Bertz CT molecular complexity index is 313. The first-order valence-corrected chi connectivity index (χ1v) is 5.09. The first-order chi connectivity index (χ1) is 7.36. The van der Waals surface area contributed by atoms with Crippen LogP contribution in [0, 0.1) is 11.3 Å². The summed E-state index contributed by atoms with van der Waals surface area (Å²) in [5, 5.41) is 8.34. The second-order valence-electron chi connectivity index (χ2n) is 3.08. The average Bonchev–Trinajstić information content (AvgIpc) is 2.28. The molecular weight excluding hydrogens is 190 g/mol. The summed E-state index contributed by atoms with van der Waals surface area (Å²) in [6.45, 7) is 3.24. The first kappa shape index (κ1) is 11.4. The number of benzene rings is 1. The summed E-state index contributed by atoms with van der Waals surface area (Å²) in [5.41, 5.74) is 0. The Hall–Kier alpha value is -1.69. The van der Waals surface area contributed by atoms with E-state index < -0.39 is 0 Å². The Morgan fingerprint density at radius 2 is 1.60 bits per heavy atom. The van der Waals surface area contributed by atoms with Crippen molar-refractivity contribution in [3.63, 3.8) is 0 Å². The largest absolute Gasteiger partial charge is 0.494 e. The van der Waals surface area contributed by atoms with E-state index in [-0.39, 0.29) is 0 Å². The van der Waals surface area contributed by atoms with Crippen molar-refractivity contribution in [1.82, 2.24) is 0 Å². The van der Waals surface area contributed by atoms with Crippen molar-refractivity contribution in [2.75, 3.05) is 13.2 Å². The van der Waals surface area contributed by atoms with Crippen molar-refractivity contribution in [1.29, 1.82) is 5.26 Å². The van der Waals surface area contributed by atoms with Crippen molar-refractivity contribution in [3.8, 4) is 17.6 Å². The van der Waals surface area contributed by atoms with Crippen molar-refractivity contribution >= 4 is 0 Å². The molecule has 0 aliphatic heterocycles. The minimum atomic E-state index is 0.411. The van der Waals surface area contributed by atoms with Crippen LogP contribution in [0.1, 0.15) is 19.8 Å². The highest BCUT2D eigenvalue weighted by atomic mass is 16.5. The summed E-state index contributed by atoms with van der Waals surface area (Å²) < 4.78 is 10.8. The van der Waals surface area contributed by atoms with Gasteiger partial charge in [-0.3, -0.25) is 0 Å². The van der Waals surface area contributed by atoms with Crippen LogP contribution in [0.4, 0.5) is 0 Å². The molecule has 0 atom stereocenters. The zero-order valence-electron chi connectivity index (χ0n) is 8.90. The van der Waals surface area contributed by atoms with Gasteiger partial charge in [0.2, 0.25) is 0 Å². The fourth-order valence-corrected chi connectivity index (χ4v) is 1.07. The lowest BCUT2D eigenvalue weighted by molar-refractivity contribution is 0.312. The molecule has 0 heterocycles. The predicted molar refractivity (Wildman–Crippen MR) is 58.0 cm³/mol. The number of rotatable bonds is 6. The number of nitrogens with zero attached hydrogens (tertiary/aromatic N) is 1. The van der Waals surface area contributed by atoms with Gasteiger partial charge < -0.3 is 9.47 Å². The van der Waals surface area contributed by atoms with E-state index in [1.165, 1.54) is 0 Å². The molecule has 0 unspecified atom stereocenters. The van der Waals surface area contributed by atoms with Gasteiger partial charge in [-0.2, -0.15) is 5.26 Å². The number of ether oxygens (including phenoxy) is 2. The molecule has 0 radical (unpaired) electrons. The molecule has 0 spiro atoms. The molecule has 1 aromatic rings. The van der Waals surface area contributed by atoms with Gasteiger partial charge in [-0.1, -0.05) is 6.92 Å². The third kappa shape index (κ3) is 4.37. The minimum absolute atomic E-state index is 0.411. The monoisotopic (exact) mass is 205 g/mol. The zero-order valence-corrected chi connectivity index (χ0v) is 8.90. The molecule has 15 heavy (non-hydrogen) atoms. The first-order valence-electron chi connectivity index (χ1n) is 5.09. The number of nitriles is 1. The van der Waals surface area contributed by atoms with E-state index >= 15 is 0 Å². The topological polar surface area (TPSA) is 42.2 Å². The lowest BCUT2D eigenvalue weighted by Gasteiger charge is -2.06. The predicted octanol–water partition coefficient (Wildman–Crippen LogP) is 2.77. The van der Waals surface area contributed by atoms with Gasteiger partial charge in [0.1, 0.15) is 18.1 Å². The van der Waals surface area contributed by atoms with Gasteiger partial charge in [0.25, 0.3) is 0 Å². The molecule has 0 saturated heterocycles. The Morgan fingerprint density at radius 1 is 1.07 bits per heavy atom. The molecule has 3 nitrogen and oxygen atoms in total. The van der Waals surface area contributed by atoms with E-state index in [4.69, 9.17) is 14.7 Å². The minimum Gasteiger partial charge on any atom is -0.494 e. The normalized spacial score (nSPS) is 9.33. The van der Waals surface area contributed by atoms with Crippen molar-refractivity contribution in [2.24, 2.45) is 0 Å². The molecule has 0 N–H and O–H groups in total. The Morgan fingerprint density at radius 3 is 2.07 bits per heavy atom. The fraction of sp³-hybridized carbons (Fsp3) is 0.417.